The van der Waals surface area contributed by atoms with Crippen molar-refractivity contribution in [3.8, 4) is 5.75 Å². The van der Waals surface area contributed by atoms with E-state index in [1.807, 2.05) is 62.4 Å². The van der Waals surface area contributed by atoms with E-state index in [-0.39, 0.29) is 84.2 Å². The summed E-state index contributed by atoms with van der Waals surface area (Å²) in [5, 5.41) is 42.6. The highest BCUT2D eigenvalue weighted by molar-refractivity contribution is 6.76. The number of rotatable bonds is 42. The summed E-state index contributed by atoms with van der Waals surface area (Å²) in [7, 11) is 1.47. The van der Waals surface area contributed by atoms with Gasteiger partial charge in [-0.05, 0) is 221 Å². The van der Waals surface area contributed by atoms with Crippen molar-refractivity contribution in [3.63, 3.8) is 0 Å². The molecule has 4 saturated heterocycles. The van der Waals surface area contributed by atoms with Crippen LogP contribution in [-0.4, -0.2) is 258 Å². The van der Waals surface area contributed by atoms with Gasteiger partial charge in [0.25, 0.3) is 5.69 Å². The number of carboxylic acid groups (broad SMARTS) is 2. The van der Waals surface area contributed by atoms with Crippen LogP contribution in [0.2, 0.25) is 25.7 Å². The molecule has 4 heterocycles. The molecule has 2 aromatic carbocycles. The highest BCUT2D eigenvalue weighted by Gasteiger charge is 2.62. The number of hydrogen-bond donors (Lipinski definition) is 9. The molecule has 804 valence electrons. The molecule has 0 aromatic heterocycles. The zero-order valence-electron chi connectivity index (χ0n) is 87.8. The van der Waals surface area contributed by atoms with Gasteiger partial charge in [-0.1, -0.05) is 140 Å². The second-order valence-corrected chi connectivity index (χ2v) is 46.2. The number of nitrogens with zero attached hydrogens (tertiary/aromatic N) is 4. The minimum Gasteiger partial charge on any atom is -0.480 e. The Morgan fingerprint density at radius 2 is 1.01 bits per heavy atom. The van der Waals surface area contributed by atoms with Crippen LogP contribution in [0.15, 0.2) is 118 Å². The highest BCUT2D eigenvalue weighted by Crippen LogP contribution is 2.46. The first kappa shape index (κ1) is 127. The van der Waals surface area contributed by atoms with Crippen molar-refractivity contribution in [3.05, 3.63) is 134 Å². The normalized spacial score (nSPS) is 21.6. The smallest absolute Gasteiger partial charge is 0.480 e. The lowest BCUT2D eigenvalue weighted by atomic mass is 10.0. The maximum Gasteiger partial charge on any atom is 0.513 e. The molecule has 2 saturated carbocycles. The van der Waals surface area contributed by atoms with Crippen molar-refractivity contribution in [2.75, 3.05) is 60.2 Å². The fraction of sp³-hybridized carbons (Fsp3) is 0.650. The topological polar surface area (TPSA) is 537 Å². The first-order chi connectivity index (χ1) is 67.0. The third kappa shape index (κ3) is 49.4. The van der Waals surface area contributed by atoms with E-state index in [0.717, 1.165) is 102 Å². The predicted octanol–water partition coefficient (Wildman–Crippen LogP) is 15.3. The number of alkyl carbamates (subject to hydrolysis) is 3. The van der Waals surface area contributed by atoms with Crippen LogP contribution in [0.5, 0.6) is 5.75 Å². The van der Waals surface area contributed by atoms with E-state index in [1.165, 1.54) is 53.2 Å². The Balaban J connectivity index is 0.000000585. The third-order valence-electron chi connectivity index (χ3n) is 23.0. The number of amides is 7. The molecule has 2 aliphatic carbocycles. The van der Waals surface area contributed by atoms with Gasteiger partial charge < -0.3 is 105 Å². The molecule has 15 atom stereocenters. The second-order valence-electron chi connectivity index (χ2n) is 40.6. The van der Waals surface area contributed by atoms with Gasteiger partial charge >= 0.3 is 66.3 Å². The number of allylic oxidation sites excluding steroid dienone is 3. The standard InChI is InChI=1S/C28H45N3O6.C20H34N2O5.C14H18N2O4.C14H25NO4.C12H17NO5Si.C8H13NO2.C7H13NO2/c1-8-11-12-13-14-15-21(29-26(35)37-27(5,6)7)24(33)31-18-19(4)16-22(31)23(32)30-28(17-20(28)9-2)25(34)36-10-3;1-6-7-8-9-10-11-15(21-19(26)27-20(3,4)5)17(23)22-13-14(2)12-16(22)18(24)25;1-19-13(17)12-7-11(15)8-16(12)14(18)20-9-10-5-3-2-4-6-10;1-5-6-7-8-9-10-11(12(16)17)15-13(18)19-14(2,3)4;1-19(2,3)9-8-17-12(14)18-11-6-4-10(5-7-11)13(15)16;1-3-6-5-8(6,9)7(10)11-4-2;1-5-3-6(8-4-5)7(9)10-2/h8-9,19-22H,1-2,10-18H2,3-7H3,(H,29,35)(H,30,32);6,14-16H,1,7-13H2,2-5H3,(H,21,26)(H,24,25);2-6,11-12H,7-9,15H2,1H3;5,11H,1,6-10H2,2-4H3,(H,15,18)(H,16,17);4-7H,8-9H2,1-3H3;3,6H,1,4-5,9H2,2H3;5-6,8H,3-4H2,1-2H3/t19-,20-,21+,22+,28-;14-,15+,16+;11-,12+;11-;;6-,8-;5-,6+/m1110.11/s1. The number of methoxy groups -OCH3 is 2. The summed E-state index contributed by atoms with van der Waals surface area (Å²) >= 11 is 0. The fourth-order valence-electron chi connectivity index (χ4n) is 15.4. The van der Waals surface area contributed by atoms with Crippen molar-refractivity contribution < 1.29 is 130 Å². The van der Waals surface area contributed by atoms with Gasteiger partial charge in [-0.2, -0.15) is 0 Å². The number of carboxylic acids is 2. The Morgan fingerprint density at radius 3 is 1.41 bits per heavy atom. The number of benzene rings is 2. The monoisotopic (exact) mass is 2030 g/mol. The number of likely N-dealkylation sites (tertiary alicyclic amines) is 3. The maximum absolute atomic E-state index is 13.7. The molecule has 11 N–H and O–H groups in total. The lowest BCUT2D eigenvalue weighted by Crippen LogP contribution is -2.56. The van der Waals surface area contributed by atoms with Crippen molar-refractivity contribution in [2.24, 2.45) is 41.1 Å². The van der Waals surface area contributed by atoms with Crippen LogP contribution in [-0.2, 0) is 92.4 Å². The van der Waals surface area contributed by atoms with E-state index in [9.17, 15) is 82.3 Å². The molecule has 6 aliphatic rings. The van der Waals surface area contributed by atoms with Crippen LogP contribution in [0, 0.1) is 39.7 Å². The van der Waals surface area contributed by atoms with Gasteiger partial charge in [0.2, 0.25) is 17.7 Å². The lowest BCUT2D eigenvalue weighted by molar-refractivity contribution is -0.384. The number of nitro benzene ring substituents is 1. The van der Waals surface area contributed by atoms with E-state index >= 15 is 0 Å². The number of carbonyl (C=O) groups is 14. The summed E-state index contributed by atoms with van der Waals surface area (Å²) in [5.74, 6) is -3.55. The van der Waals surface area contributed by atoms with Crippen LogP contribution in [0.25, 0.3) is 0 Å². The predicted molar refractivity (Wildman–Crippen MR) is 543 cm³/mol. The summed E-state index contributed by atoms with van der Waals surface area (Å²) in [6, 6.07) is 10.4. The third-order valence-corrected chi connectivity index (χ3v) is 24.7. The summed E-state index contributed by atoms with van der Waals surface area (Å²) in [6.45, 7) is 53.3. The van der Waals surface area contributed by atoms with Crippen molar-refractivity contribution in [1.29, 1.82) is 0 Å². The first-order valence-electron chi connectivity index (χ1n) is 49.3. The molecular weight excluding hydrogens is 1870 g/mol. The molecule has 40 heteroatoms. The van der Waals surface area contributed by atoms with Gasteiger partial charge in [0, 0.05) is 57.7 Å². The van der Waals surface area contributed by atoms with Gasteiger partial charge in [0.15, 0.2) is 0 Å². The van der Waals surface area contributed by atoms with Crippen LogP contribution >= 0.6 is 0 Å². The molecule has 6 fully saturated rings. The Labute approximate surface area is 845 Å². The number of nitro groups is 1. The van der Waals surface area contributed by atoms with Gasteiger partial charge in [0.1, 0.15) is 82.5 Å². The van der Waals surface area contributed by atoms with Crippen LogP contribution < -0.4 is 42.8 Å². The number of nitrogens with one attached hydrogen (secondary N) is 5. The van der Waals surface area contributed by atoms with E-state index < -0.39 is 137 Å². The minimum absolute atomic E-state index is 0.0556. The summed E-state index contributed by atoms with van der Waals surface area (Å²) in [5.41, 5.74) is 8.42. The van der Waals surface area contributed by atoms with E-state index in [2.05, 4.69) is 95.5 Å². The van der Waals surface area contributed by atoms with Crippen LogP contribution in [0.4, 0.5) is 29.7 Å². The molecule has 7 amide bonds. The number of aliphatic carboxylic acids is 2. The Kier molecular flexibility index (Phi) is 56.4. The molecule has 8 rings (SSSR count). The molecule has 0 bridgehead atoms. The van der Waals surface area contributed by atoms with Crippen molar-refractivity contribution >= 4 is 97.8 Å². The van der Waals surface area contributed by atoms with E-state index in [1.54, 1.807) is 88.3 Å². The van der Waals surface area contributed by atoms with Gasteiger partial charge in [-0.25, -0.2) is 43.2 Å². The van der Waals surface area contributed by atoms with E-state index in [0.29, 0.717) is 90.1 Å². The zero-order valence-corrected chi connectivity index (χ0v) is 88.8. The zero-order chi connectivity index (χ0) is 108. The molecule has 143 heavy (non-hydrogen) atoms. The SMILES string of the molecule is C=CCCCCC[C@H](NC(=O)OC(C)(C)C)C(=O)N1C[C@H](C)C[C@H]1C(=O)N[C@]1(C(=O)OCC)C[C@H]1C=C.C=CCCCCC[C@H](NC(=O)OC(C)(C)C)C(=O)N1C[C@H](C)C[C@H]1C(=O)O.C=CCCCCC[C@H](NC(=O)OC(C)(C)C)C(=O)O.C=C[C@@H]1C[C@]1(N)C(=O)OCC.COC(=O)[C@@H]1C[C@@H](C)CN1.COC(=O)[C@@H]1C[C@@H](N)CN1C(=O)OCc1ccccc1.C[Si](C)(C)CCOC(=O)Oc1ccc([N+](=O)[O-])cc1. The number of hydrogen-bond acceptors (Lipinski definition) is 29. The van der Waals surface area contributed by atoms with Crippen LogP contribution in [0.1, 0.15) is 237 Å². The largest absolute Gasteiger partial charge is 0.513 e. The summed E-state index contributed by atoms with van der Waals surface area (Å²) in [6.07, 6.45) is 20.7. The molecule has 2 aromatic rings. The molecule has 0 radical (unpaired) electrons. The Hall–Kier alpha value is -11.8. The van der Waals surface area contributed by atoms with Gasteiger partial charge in [0.05, 0.1) is 39.0 Å². The second kappa shape index (κ2) is 63.4. The first-order valence-corrected chi connectivity index (χ1v) is 53.0. The maximum atomic E-state index is 13.7. The Bertz CT molecular complexity index is 4440. The molecule has 0 unspecified atom stereocenters. The molecule has 4 aliphatic heterocycles. The van der Waals surface area contributed by atoms with E-state index in [4.69, 9.17) is 54.5 Å². The van der Waals surface area contributed by atoms with Crippen molar-refractivity contribution in [2.45, 2.75) is 340 Å². The highest BCUT2D eigenvalue weighted by atomic mass is 28.3. The number of unbranched alkanes of at least 4 members (excludes halogenated alkanes) is 9. The number of nitrogens with two attached hydrogens (primary N) is 2. The number of ether oxygens (including phenoxy) is 10. The van der Waals surface area contributed by atoms with Crippen LogP contribution in [0.3, 0.4) is 0 Å². The average molecular weight is 2030 g/mol. The Morgan fingerprint density at radius 1 is 0.559 bits per heavy atom. The van der Waals surface area contributed by atoms with Crippen molar-refractivity contribution in [1.82, 2.24) is 41.3 Å². The lowest BCUT2D eigenvalue weighted by Gasteiger charge is -2.30. The fourth-order valence-corrected chi connectivity index (χ4v) is 16.1. The van der Waals surface area contributed by atoms with Gasteiger partial charge in [-0.15, -0.1) is 32.9 Å². The number of non-ortho nitro benzene ring substituents is 1. The summed E-state index contributed by atoms with van der Waals surface area (Å²) in [4.78, 5) is 183. The quantitative estimate of drug-likeness (QED) is 0.00436. The summed E-state index contributed by atoms with van der Waals surface area (Å²) < 4.78 is 50.0. The number of carbonyl (C=O) groups excluding carboxylic acids is 12. The molecule has 0 spiro atoms. The minimum atomic E-state index is -1.24. The van der Waals surface area contributed by atoms with Gasteiger partial charge in [-0.3, -0.25) is 39.0 Å². The molecule has 39 nitrogen and oxygen atoms in total. The molecular formula is C103H165N11O28Si. The number of esters is 4. The average Bonchev–Trinajstić information content (AvgIpc) is 1.59.